The molecule has 0 aliphatic rings. The van der Waals surface area contributed by atoms with Crippen LogP contribution in [0.15, 0.2) is 48.5 Å². The first-order valence-corrected chi connectivity index (χ1v) is 7.20. The van der Waals surface area contributed by atoms with E-state index >= 15 is 0 Å². The van der Waals surface area contributed by atoms with E-state index in [2.05, 4.69) is 47.5 Å². The van der Waals surface area contributed by atoms with Crippen molar-refractivity contribution in [2.45, 2.75) is 19.5 Å². The molecule has 0 aliphatic carbocycles. The van der Waals surface area contributed by atoms with Gasteiger partial charge in [-0.05, 0) is 36.2 Å². The normalized spacial score (nSPS) is 12.2. The number of nitrogens with one attached hydrogen (secondary N) is 1. The second-order valence-electron chi connectivity index (χ2n) is 5.18. The van der Waals surface area contributed by atoms with Gasteiger partial charge in [0.05, 0.1) is 0 Å². The zero-order valence-corrected chi connectivity index (χ0v) is 13.0. The van der Waals surface area contributed by atoms with Gasteiger partial charge in [0, 0.05) is 37.4 Å². The van der Waals surface area contributed by atoms with Gasteiger partial charge in [0.25, 0.3) is 0 Å². The Morgan fingerprint density at radius 1 is 1.05 bits per heavy atom. The van der Waals surface area contributed by atoms with Crippen LogP contribution in [-0.2, 0) is 6.54 Å². The van der Waals surface area contributed by atoms with E-state index < -0.39 is 0 Å². The molecule has 20 heavy (non-hydrogen) atoms. The molecule has 0 aromatic heterocycles. The molecule has 2 nitrogen and oxygen atoms in total. The van der Waals surface area contributed by atoms with Crippen LogP contribution in [-0.4, -0.2) is 14.1 Å². The maximum absolute atomic E-state index is 6.16. The number of halogens is 1. The lowest BCUT2D eigenvalue weighted by atomic mass is 10.1. The monoisotopic (exact) mass is 288 g/mol. The van der Waals surface area contributed by atoms with Crippen molar-refractivity contribution in [3.63, 3.8) is 0 Å². The summed E-state index contributed by atoms with van der Waals surface area (Å²) >= 11 is 6.16. The average molecular weight is 289 g/mol. The first-order valence-electron chi connectivity index (χ1n) is 6.82. The summed E-state index contributed by atoms with van der Waals surface area (Å²) in [5.74, 6) is 0. The minimum atomic E-state index is 0.294. The lowest BCUT2D eigenvalue weighted by Gasteiger charge is -2.17. The van der Waals surface area contributed by atoms with Crippen LogP contribution in [0.1, 0.15) is 24.1 Å². The zero-order chi connectivity index (χ0) is 14.5. The third kappa shape index (κ3) is 3.75. The standard InChI is InChI=1S/C17H21ClN2/c1-13(14-8-10-16(11-9-14)20(2)3)19-12-15-6-4-5-7-17(15)18/h4-11,13,19H,12H2,1-3H3. The molecular formula is C17H21ClN2. The van der Waals surface area contributed by atoms with Crippen molar-refractivity contribution in [1.82, 2.24) is 5.32 Å². The predicted octanol–water partition coefficient (Wildman–Crippen LogP) is 4.26. The number of hydrogen-bond acceptors (Lipinski definition) is 2. The maximum Gasteiger partial charge on any atom is 0.0450 e. The summed E-state index contributed by atoms with van der Waals surface area (Å²) in [5, 5.41) is 4.32. The Balaban J connectivity index is 1.98. The number of rotatable bonds is 5. The molecule has 3 heteroatoms. The van der Waals surface area contributed by atoms with Crippen molar-refractivity contribution in [3.8, 4) is 0 Å². The molecule has 0 heterocycles. The first kappa shape index (κ1) is 14.9. The largest absolute Gasteiger partial charge is 0.378 e. The van der Waals surface area contributed by atoms with Crippen LogP contribution >= 0.6 is 11.6 Å². The van der Waals surface area contributed by atoms with Crippen molar-refractivity contribution < 1.29 is 0 Å². The highest BCUT2D eigenvalue weighted by Crippen LogP contribution is 2.19. The second-order valence-corrected chi connectivity index (χ2v) is 5.59. The molecule has 1 atom stereocenters. The highest BCUT2D eigenvalue weighted by molar-refractivity contribution is 6.31. The van der Waals surface area contributed by atoms with Crippen molar-refractivity contribution in [1.29, 1.82) is 0 Å². The summed E-state index contributed by atoms with van der Waals surface area (Å²) in [6.45, 7) is 2.94. The lowest BCUT2D eigenvalue weighted by molar-refractivity contribution is 0.575. The second kappa shape index (κ2) is 6.78. The molecule has 2 aromatic carbocycles. The quantitative estimate of drug-likeness (QED) is 0.884. The molecule has 1 N–H and O–H groups in total. The Hall–Kier alpha value is -1.51. The SMILES string of the molecule is CC(NCc1ccccc1Cl)c1ccc(N(C)C)cc1. The molecule has 0 bridgehead atoms. The van der Waals surface area contributed by atoms with Crippen LogP contribution in [0, 0.1) is 0 Å². The molecule has 0 aliphatic heterocycles. The van der Waals surface area contributed by atoms with Gasteiger partial charge < -0.3 is 10.2 Å². The van der Waals surface area contributed by atoms with Crippen LogP contribution in [0.5, 0.6) is 0 Å². The van der Waals surface area contributed by atoms with Crippen molar-refractivity contribution in [3.05, 3.63) is 64.7 Å². The Bertz CT molecular complexity index is 549. The fourth-order valence-corrected chi connectivity index (χ4v) is 2.29. The first-order chi connectivity index (χ1) is 9.58. The molecule has 2 aromatic rings. The van der Waals surface area contributed by atoms with E-state index in [1.54, 1.807) is 0 Å². The van der Waals surface area contributed by atoms with Gasteiger partial charge in [-0.1, -0.05) is 41.9 Å². The number of nitrogens with zero attached hydrogens (tertiary/aromatic N) is 1. The summed E-state index contributed by atoms with van der Waals surface area (Å²) in [7, 11) is 4.10. The van der Waals surface area contributed by atoms with Crippen molar-refractivity contribution >= 4 is 17.3 Å². The average Bonchev–Trinajstić information content (AvgIpc) is 2.46. The molecule has 106 valence electrons. The van der Waals surface area contributed by atoms with Gasteiger partial charge in [-0.3, -0.25) is 0 Å². The minimum absolute atomic E-state index is 0.294. The fraction of sp³-hybridized carbons (Fsp3) is 0.294. The number of benzene rings is 2. The number of anilines is 1. The maximum atomic E-state index is 6.16. The molecule has 0 radical (unpaired) electrons. The zero-order valence-electron chi connectivity index (χ0n) is 12.2. The Morgan fingerprint density at radius 3 is 2.30 bits per heavy atom. The van der Waals surface area contributed by atoms with E-state index in [1.165, 1.54) is 11.3 Å². The van der Waals surface area contributed by atoms with Gasteiger partial charge in [0.1, 0.15) is 0 Å². The summed E-state index contributed by atoms with van der Waals surface area (Å²) < 4.78 is 0. The summed E-state index contributed by atoms with van der Waals surface area (Å²) in [5.41, 5.74) is 3.63. The molecule has 0 saturated heterocycles. The smallest absolute Gasteiger partial charge is 0.0450 e. The van der Waals surface area contributed by atoms with Gasteiger partial charge in [0.2, 0.25) is 0 Å². The Kier molecular flexibility index (Phi) is 5.05. The van der Waals surface area contributed by atoms with Crippen molar-refractivity contribution in [2.24, 2.45) is 0 Å². The minimum Gasteiger partial charge on any atom is -0.378 e. The molecule has 0 spiro atoms. The summed E-state index contributed by atoms with van der Waals surface area (Å²) in [6.07, 6.45) is 0. The molecule has 1 unspecified atom stereocenters. The van der Waals surface area contributed by atoms with E-state index in [0.29, 0.717) is 6.04 Å². The van der Waals surface area contributed by atoms with Gasteiger partial charge in [-0.25, -0.2) is 0 Å². The highest BCUT2D eigenvalue weighted by Gasteiger charge is 2.06. The Morgan fingerprint density at radius 2 is 1.70 bits per heavy atom. The molecule has 2 rings (SSSR count). The van der Waals surface area contributed by atoms with E-state index in [1.807, 2.05) is 32.3 Å². The van der Waals surface area contributed by atoms with E-state index in [9.17, 15) is 0 Å². The van der Waals surface area contributed by atoms with E-state index in [-0.39, 0.29) is 0 Å². The molecular weight excluding hydrogens is 268 g/mol. The topological polar surface area (TPSA) is 15.3 Å². The van der Waals surface area contributed by atoms with Crippen LogP contribution in [0.4, 0.5) is 5.69 Å². The van der Waals surface area contributed by atoms with Gasteiger partial charge in [-0.15, -0.1) is 0 Å². The van der Waals surface area contributed by atoms with Crippen LogP contribution < -0.4 is 10.2 Å². The van der Waals surface area contributed by atoms with Crippen LogP contribution in [0.25, 0.3) is 0 Å². The van der Waals surface area contributed by atoms with E-state index in [4.69, 9.17) is 11.6 Å². The van der Waals surface area contributed by atoms with Crippen LogP contribution in [0.2, 0.25) is 5.02 Å². The predicted molar refractivity (Wildman–Crippen MR) is 87.5 cm³/mol. The third-order valence-corrected chi connectivity index (χ3v) is 3.83. The molecule has 0 fully saturated rings. The molecule has 0 saturated carbocycles. The fourth-order valence-electron chi connectivity index (χ4n) is 2.08. The summed E-state index contributed by atoms with van der Waals surface area (Å²) in [6, 6.07) is 16.9. The van der Waals surface area contributed by atoms with Crippen LogP contribution in [0.3, 0.4) is 0 Å². The van der Waals surface area contributed by atoms with Crippen molar-refractivity contribution in [2.75, 3.05) is 19.0 Å². The van der Waals surface area contributed by atoms with Gasteiger partial charge in [-0.2, -0.15) is 0 Å². The lowest BCUT2D eigenvalue weighted by Crippen LogP contribution is -2.18. The Labute approximate surface area is 126 Å². The molecule has 0 amide bonds. The third-order valence-electron chi connectivity index (χ3n) is 3.47. The van der Waals surface area contributed by atoms with Gasteiger partial charge in [0.15, 0.2) is 0 Å². The van der Waals surface area contributed by atoms with E-state index in [0.717, 1.165) is 17.1 Å². The summed E-state index contributed by atoms with van der Waals surface area (Å²) in [4.78, 5) is 2.10. The number of hydrogen-bond donors (Lipinski definition) is 1. The van der Waals surface area contributed by atoms with Gasteiger partial charge >= 0.3 is 0 Å². The highest BCUT2D eigenvalue weighted by atomic mass is 35.5.